The molecular weight excluding hydrogens is 302 g/mol. The highest BCUT2D eigenvalue weighted by molar-refractivity contribution is 5.78. The summed E-state index contributed by atoms with van der Waals surface area (Å²) in [5, 5.41) is 8.84. The number of nitriles is 1. The fourth-order valence-electron chi connectivity index (χ4n) is 3.53. The van der Waals surface area contributed by atoms with Crippen molar-refractivity contribution in [2.45, 2.75) is 32.2 Å². The topological polar surface area (TPSA) is 63.5 Å². The molecule has 128 valence electrons. The predicted octanol–water partition coefficient (Wildman–Crippen LogP) is 1.48. The summed E-state index contributed by atoms with van der Waals surface area (Å²) in [6.45, 7) is 7.06. The Balaban J connectivity index is 1.49. The molecule has 24 heavy (non-hydrogen) atoms. The van der Waals surface area contributed by atoms with E-state index in [9.17, 15) is 4.79 Å². The van der Waals surface area contributed by atoms with E-state index in [4.69, 9.17) is 5.26 Å². The molecule has 1 aromatic heterocycles. The summed E-state index contributed by atoms with van der Waals surface area (Å²) in [5.74, 6) is 1.18. The molecular formula is C18H25N5O. The molecule has 0 N–H and O–H groups in total. The molecule has 3 heterocycles. The fourth-order valence-corrected chi connectivity index (χ4v) is 3.53. The molecule has 0 aromatic carbocycles. The number of piperazine rings is 1. The number of carbonyl (C=O) groups excluding carboxylic acids is 1. The number of carbonyl (C=O) groups is 1. The van der Waals surface area contributed by atoms with Crippen LogP contribution < -0.4 is 4.90 Å². The van der Waals surface area contributed by atoms with Crippen molar-refractivity contribution >= 4 is 11.7 Å². The Kier molecular flexibility index (Phi) is 5.31. The van der Waals surface area contributed by atoms with E-state index in [2.05, 4.69) is 32.7 Å². The Labute approximate surface area is 143 Å². The minimum atomic E-state index is 0.271. The van der Waals surface area contributed by atoms with Crippen molar-refractivity contribution < 1.29 is 4.79 Å². The van der Waals surface area contributed by atoms with Crippen molar-refractivity contribution in [2.75, 3.05) is 44.2 Å². The summed E-state index contributed by atoms with van der Waals surface area (Å²) in [6.07, 6.45) is 5.11. The van der Waals surface area contributed by atoms with Crippen LogP contribution in [-0.4, -0.2) is 66.0 Å². The van der Waals surface area contributed by atoms with E-state index in [0.29, 0.717) is 18.2 Å². The number of aromatic nitrogens is 1. The highest BCUT2D eigenvalue weighted by atomic mass is 16.2. The molecule has 1 aromatic rings. The van der Waals surface area contributed by atoms with Gasteiger partial charge in [0.1, 0.15) is 11.9 Å². The van der Waals surface area contributed by atoms with Crippen LogP contribution in [0, 0.1) is 11.3 Å². The number of likely N-dealkylation sites (tertiary alicyclic amines) is 1. The third-order valence-electron chi connectivity index (χ3n) is 5.06. The van der Waals surface area contributed by atoms with Gasteiger partial charge in [-0.25, -0.2) is 4.98 Å². The Bertz CT molecular complexity index is 601. The van der Waals surface area contributed by atoms with Gasteiger partial charge in [-0.3, -0.25) is 9.69 Å². The SMILES string of the molecule is C[C@@H]1CCCCN1C(=O)CN1CCN(c2ccc(C#N)cn2)CC1. The van der Waals surface area contributed by atoms with Gasteiger partial charge >= 0.3 is 0 Å². The van der Waals surface area contributed by atoms with Crippen LogP contribution in [-0.2, 0) is 4.79 Å². The standard InChI is InChI=1S/C18H25N5O/c1-15-4-2-3-7-23(15)18(24)14-21-8-10-22(11-9-21)17-6-5-16(12-19)13-20-17/h5-6,13,15H,2-4,7-11,14H2,1H3/t15-/m1/s1. The number of hydrogen-bond acceptors (Lipinski definition) is 5. The molecule has 0 unspecified atom stereocenters. The second-order valence-corrected chi connectivity index (χ2v) is 6.71. The van der Waals surface area contributed by atoms with E-state index in [0.717, 1.165) is 51.4 Å². The number of amides is 1. The number of pyridine rings is 1. The first-order chi connectivity index (χ1) is 11.7. The van der Waals surface area contributed by atoms with Gasteiger partial charge in [0.2, 0.25) is 5.91 Å². The smallest absolute Gasteiger partial charge is 0.236 e. The zero-order valence-electron chi connectivity index (χ0n) is 14.3. The zero-order valence-corrected chi connectivity index (χ0v) is 14.3. The summed E-state index contributed by atoms with van der Waals surface area (Å²) in [6, 6.07) is 6.17. The quantitative estimate of drug-likeness (QED) is 0.841. The second kappa shape index (κ2) is 7.63. The van der Waals surface area contributed by atoms with E-state index < -0.39 is 0 Å². The highest BCUT2D eigenvalue weighted by Gasteiger charge is 2.26. The molecule has 3 rings (SSSR count). The van der Waals surface area contributed by atoms with Crippen LogP contribution in [0.15, 0.2) is 18.3 Å². The van der Waals surface area contributed by atoms with Crippen LogP contribution in [0.5, 0.6) is 0 Å². The number of rotatable bonds is 3. The average Bonchev–Trinajstić information content (AvgIpc) is 2.63. The number of nitrogens with zero attached hydrogens (tertiary/aromatic N) is 5. The van der Waals surface area contributed by atoms with Gasteiger partial charge in [0, 0.05) is 45.0 Å². The molecule has 2 fully saturated rings. The van der Waals surface area contributed by atoms with Crippen molar-refractivity contribution in [3.8, 4) is 6.07 Å². The molecule has 6 heteroatoms. The Hall–Kier alpha value is -2.13. The molecule has 6 nitrogen and oxygen atoms in total. The molecule has 1 amide bonds. The Morgan fingerprint density at radius 1 is 1.25 bits per heavy atom. The van der Waals surface area contributed by atoms with Crippen LogP contribution in [0.25, 0.3) is 0 Å². The van der Waals surface area contributed by atoms with Crippen molar-refractivity contribution in [1.29, 1.82) is 5.26 Å². The highest BCUT2D eigenvalue weighted by Crippen LogP contribution is 2.18. The van der Waals surface area contributed by atoms with Crippen LogP contribution in [0.4, 0.5) is 5.82 Å². The normalized spacial score (nSPS) is 22.2. The van der Waals surface area contributed by atoms with Gasteiger partial charge in [-0.05, 0) is 38.3 Å². The lowest BCUT2D eigenvalue weighted by Gasteiger charge is -2.38. The lowest BCUT2D eigenvalue weighted by Crippen LogP contribution is -2.52. The summed E-state index contributed by atoms with van der Waals surface area (Å²) in [4.78, 5) is 23.4. The van der Waals surface area contributed by atoms with Gasteiger partial charge < -0.3 is 9.80 Å². The first-order valence-corrected chi connectivity index (χ1v) is 8.80. The van der Waals surface area contributed by atoms with Crippen LogP contribution in [0.3, 0.4) is 0 Å². The van der Waals surface area contributed by atoms with Gasteiger partial charge in [0.15, 0.2) is 0 Å². The lowest BCUT2D eigenvalue weighted by molar-refractivity contribution is -0.135. The van der Waals surface area contributed by atoms with Crippen molar-refractivity contribution in [3.05, 3.63) is 23.9 Å². The van der Waals surface area contributed by atoms with Crippen molar-refractivity contribution in [3.63, 3.8) is 0 Å². The van der Waals surface area contributed by atoms with Crippen LogP contribution in [0.2, 0.25) is 0 Å². The fraction of sp³-hybridized carbons (Fsp3) is 0.611. The largest absolute Gasteiger partial charge is 0.354 e. The van der Waals surface area contributed by atoms with Gasteiger partial charge in [0.05, 0.1) is 12.1 Å². The molecule has 0 spiro atoms. The molecule has 1 atom stereocenters. The lowest BCUT2D eigenvalue weighted by atomic mass is 10.0. The third kappa shape index (κ3) is 3.85. The van der Waals surface area contributed by atoms with Crippen molar-refractivity contribution in [1.82, 2.24) is 14.8 Å². The van der Waals surface area contributed by atoms with Gasteiger partial charge in [-0.15, -0.1) is 0 Å². The second-order valence-electron chi connectivity index (χ2n) is 6.71. The summed E-state index contributed by atoms with van der Waals surface area (Å²) >= 11 is 0. The number of anilines is 1. The number of hydrogen-bond donors (Lipinski definition) is 0. The maximum atomic E-state index is 12.5. The van der Waals surface area contributed by atoms with E-state index in [1.165, 1.54) is 6.42 Å². The summed E-state index contributed by atoms with van der Waals surface area (Å²) in [5.41, 5.74) is 0.582. The monoisotopic (exact) mass is 327 g/mol. The Morgan fingerprint density at radius 2 is 2.04 bits per heavy atom. The van der Waals surface area contributed by atoms with Crippen molar-refractivity contribution in [2.24, 2.45) is 0 Å². The zero-order chi connectivity index (χ0) is 16.9. The minimum Gasteiger partial charge on any atom is -0.354 e. The van der Waals surface area contributed by atoms with Gasteiger partial charge in [-0.2, -0.15) is 5.26 Å². The van der Waals surface area contributed by atoms with Crippen LogP contribution in [0.1, 0.15) is 31.7 Å². The Morgan fingerprint density at radius 3 is 2.67 bits per heavy atom. The molecule has 2 aliphatic heterocycles. The maximum Gasteiger partial charge on any atom is 0.236 e. The molecule has 0 saturated carbocycles. The third-order valence-corrected chi connectivity index (χ3v) is 5.06. The maximum absolute atomic E-state index is 12.5. The predicted molar refractivity (Wildman–Crippen MR) is 92.6 cm³/mol. The van der Waals surface area contributed by atoms with E-state index in [1.54, 1.807) is 12.3 Å². The molecule has 2 saturated heterocycles. The number of piperidine rings is 1. The first kappa shape index (κ1) is 16.7. The molecule has 2 aliphatic rings. The van der Waals surface area contributed by atoms with E-state index >= 15 is 0 Å². The molecule has 0 bridgehead atoms. The average molecular weight is 327 g/mol. The summed E-state index contributed by atoms with van der Waals surface area (Å²) < 4.78 is 0. The molecule has 0 aliphatic carbocycles. The van der Waals surface area contributed by atoms with Crippen LogP contribution >= 0.6 is 0 Å². The van der Waals surface area contributed by atoms with Gasteiger partial charge in [-0.1, -0.05) is 0 Å². The van der Waals surface area contributed by atoms with Gasteiger partial charge in [0.25, 0.3) is 0 Å². The summed E-state index contributed by atoms with van der Waals surface area (Å²) in [7, 11) is 0. The molecule has 0 radical (unpaired) electrons. The first-order valence-electron chi connectivity index (χ1n) is 8.80. The minimum absolute atomic E-state index is 0.271. The van der Waals surface area contributed by atoms with E-state index in [1.807, 2.05) is 6.07 Å². The van der Waals surface area contributed by atoms with E-state index in [-0.39, 0.29) is 5.91 Å².